The molecule has 0 amide bonds. The fraction of sp³-hybridized carbons (Fsp3) is 0.250. The molecule has 0 atom stereocenters. The molecular formula is C8H6F2INO. The number of aromatic nitrogens is 1. The van der Waals surface area contributed by atoms with Gasteiger partial charge in [0.2, 0.25) is 0 Å². The van der Waals surface area contributed by atoms with Crippen LogP contribution in [0.3, 0.4) is 0 Å². The van der Waals surface area contributed by atoms with Crippen LogP contribution >= 0.6 is 22.6 Å². The number of carbonyl (C=O) groups excluding carboxylic acids is 1. The molecule has 0 fully saturated rings. The molecule has 0 aromatic carbocycles. The Morgan fingerprint density at radius 3 is 2.69 bits per heavy atom. The molecule has 13 heavy (non-hydrogen) atoms. The van der Waals surface area contributed by atoms with Gasteiger partial charge in [-0.15, -0.1) is 0 Å². The Labute approximate surface area is 87.5 Å². The van der Waals surface area contributed by atoms with Crippen molar-refractivity contribution >= 4 is 28.9 Å². The molecule has 1 rings (SSSR count). The van der Waals surface area contributed by atoms with E-state index in [1.54, 1.807) is 29.5 Å². The van der Waals surface area contributed by atoms with Gasteiger partial charge in [-0.25, -0.2) is 8.78 Å². The van der Waals surface area contributed by atoms with Crippen molar-refractivity contribution in [1.29, 1.82) is 0 Å². The number of alkyl halides is 2. The van der Waals surface area contributed by atoms with Gasteiger partial charge in [0.1, 0.15) is 5.69 Å². The predicted molar refractivity (Wildman–Crippen MR) is 52.0 cm³/mol. The van der Waals surface area contributed by atoms with Crippen molar-refractivity contribution in [3.8, 4) is 0 Å². The van der Waals surface area contributed by atoms with Crippen LogP contribution in [0.1, 0.15) is 28.0 Å². The van der Waals surface area contributed by atoms with Gasteiger partial charge >= 0.3 is 0 Å². The molecule has 0 aliphatic rings. The molecule has 1 aromatic heterocycles. The van der Waals surface area contributed by atoms with Gasteiger partial charge in [-0.1, -0.05) is 0 Å². The highest BCUT2D eigenvalue weighted by Gasteiger charge is 2.17. The smallest absolute Gasteiger partial charge is 0.265 e. The Bertz CT molecular complexity index is 341. The van der Waals surface area contributed by atoms with E-state index in [9.17, 15) is 13.6 Å². The van der Waals surface area contributed by atoms with E-state index in [4.69, 9.17) is 0 Å². The van der Waals surface area contributed by atoms with Gasteiger partial charge in [0, 0.05) is 11.8 Å². The Balaban J connectivity index is 3.38. The number of pyridine rings is 1. The second-order valence-corrected chi connectivity index (χ2v) is 3.55. The van der Waals surface area contributed by atoms with E-state index in [1.165, 1.54) is 6.20 Å². The van der Waals surface area contributed by atoms with E-state index in [-0.39, 0.29) is 14.8 Å². The average molecular weight is 297 g/mol. The normalized spacial score (nSPS) is 10.5. The van der Waals surface area contributed by atoms with Crippen molar-refractivity contribution in [2.75, 3.05) is 0 Å². The Hall–Kier alpha value is -0.590. The summed E-state index contributed by atoms with van der Waals surface area (Å²) in [6.45, 7) is 1.55. The maximum absolute atomic E-state index is 12.5. The van der Waals surface area contributed by atoms with Gasteiger partial charge < -0.3 is 0 Å². The summed E-state index contributed by atoms with van der Waals surface area (Å²) in [7, 11) is 0. The number of hydrogen-bond acceptors (Lipinski definition) is 2. The zero-order valence-corrected chi connectivity index (χ0v) is 8.88. The molecule has 1 heterocycles. The summed E-state index contributed by atoms with van der Waals surface area (Å²) in [5, 5.41) is 0. The first-order chi connectivity index (χ1) is 6.07. The lowest BCUT2D eigenvalue weighted by molar-refractivity contribution is 0.111. The van der Waals surface area contributed by atoms with Gasteiger partial charge in [0.15, 0.2) is 6.29 Å². The van der Waals surface area contributed by atoms with Crippen molar-refractivity contribution < 1.29 is 13.6 Å². The zero-order valence-electron chi connectivity index (χ0n) is 6.72. The highest BCUT2D eigenvalue weighted by atomic mass is 127. The van der Waals surface area contributed by atoms with Crippen molar-refractivity contribution in [3.05, 3.63) is 26.6 Å². The Morgan fingerprint density at radius 1 is 1.62 bits per heavy atom. The summed E-state index contributed by atoms with van der Waals surface area (Å²) >= 11 is 1.71. The van der Waals surface area contributed by atoms with E-state index >= 15 is 0 Å². The van der Waals surface area contributed by atoms with Crippen molar-refractivity contribution in [2.24, 2.45) is 0 Å². The molecule has 0 aliphatic carbocycles. The van der Waals surface area contributed by atoms with E-state index in [1.807, 2.05) is 0 Å². The minimum atomic E-state index is -2.56. The van der Waals surface area contributed by atoms with Gasteiger partial charge in [0.05, 0.1) is 3.57 Å². The molecule has 0 spiro atoms. The molecule has 1 aromatic rings. The van der Waals surface area contributed by atoms with Crippen LogP contribution in [0.15, 0.2) is 6.20 Å². The van der Waals surface area contributed by atoms with Gasteiger partial charge in [-0.05, 0) is 35.1 Å². The highest BCUT2D eigenvalue weighted by Crippen LogP contribution is 2.28. The van der Waals surface area contributed by atoms with Crippen LogP contribution in [0.4, 0.5) is 8.78 Å². The van der Waals surface area contributed by atoms with E-state index < -0.39 is 6.43 Å². The number of halogens is 3. The molecular weight excluding hydrogens is 291 g/mol. The third-order valence-corrected chi connectivity index (χ3v) is 2.75. The van der Waals surface area contributed by atoms with E-state index in [0.717, 1.165) is 0 Å². The molecule has 2 nitrogen and oxygen atoms in total. The van der Waals surface area contributed by atoms with Gasteiger partial charge in [0.25, 0.3) is 6.43 Å². The standard InChI is InChI=1S/C8H6F2INO/c1-4-2-12-5(3-13)7(11)6(4)8(9)10/h2-3,8H,1H3. The fourth-order valence-electron chi connectivity index (χ4n) is 0.954. The second-order valence-electron chi connectivity index (χ2n) is 2.47. The molecule has 5 heteroatoms. The SMILES string of the molecule is Cc1cnc(C=O)c(I)c1C(F)F. The Kier molecular flexibility index (Phi) is 3.29. The molecule has 0 radical (unpaired) electrons. The van der Waals surface area contributed by atoms with Crippen LogP contribution in [0.25, 0.3) is 0 Å². The summed E-state index contributed by atoms with van der Waals surface area (Å²) in [6, 6.07) is 0. The minimum absolute atomic E-state index is 0.0708. The lowest BCUT2D eigenvalue weighted by Gasteiger charge is -2.07. The number of hydrogen-bond donors (Lipinski definition) is 0. The molecule has 0 aliphatic heterocycles. The third-order valence-electron chi connectivity index (χ3n) is 1.61. The zero-order chi connectivity index (χ0) is 10.0. The first-order valence-electron chi connectivity index (χ1n) is 3.46. The average Bonchev–Trinajstić information content (AvgIpc) is 2.04. The summed E-state index contributed by atoms with van der Waals surface area (Å²) in [5.41, 5.74) is 0.379. The van der Waals surface area contributed by atoms with Crippen LogP contribution in [-0.2, 0) is 0 Å². The summed E-state index contributed by atoms with van der Waals surface area (Å²) in [5.74, 6) is 0. The minimum Gasteiger partial charge on any atom is -0.296 e. The van der Waals surface area contributed by atoms with Gasteiger partial charge in [-0.3, -0.25) is 9.78 Å². The molecule has 0 saturated carbocycles. The quantitative estimate of drug-likeness (QED) is 0.620. The number of aryl methyl sites for hydroxylation is 1. The van der Waals surface area contributed by atoms with Crippen LogP contribution < -0.4 is 0 Å². The number of rotatable bonds is 2. The maximum Gasteiger partial charge on any atom is 0.265 e. The maximum atomic E-state index is 12.5. The predicted octanol–water partition coefficient (Wildman–Crippen LogP) is 2.74. The monoisotopic (exact) mass is 297 g/mol. The van der Waals surface area contributed by atoms with Crippen LogP contribution in [0.5, 0.6) is 0 Å². The fourth-order valence-corrected chi connectivity index (χ4v) is 1.88. The third kappa shape index (κ3) is 2.01. The van der Waals surface area contributed by atoms with Crippen molar-refractivity contribution in [3.63, 3.8) is 0 Å². The second kappa shape index (κ2) is 4.08. The van der Waals surface area contributed by atoms with Crippen LogP contribution in [0.2, 0.25) is 0 Å². The van der Waals surface area contributed by atoms with Crippen molar-refractivity contribution in [2.45, 2.75) is 13.3 Å². The Morgan fingerprint density at radius 2 is 2.23 bits per heavy atom. The molecule has 0 unspecified atom stereocenters. The summed E-state index contributed by atoms with van der Waals surface area (Å²) in [6.07, 6.45) is -0.797. The van der Waals surface area contributed by atoms with Crippen LogP contribution in [-0.4, -0.2) is 11.3 Å². The first kappa shape index (κ1) is 10.5. The van der Waals surface area contributed by atoms with Crippen molar-refractivity contribution in [1.82, 2.24) is 4.98 Å². The van der Waals surface area contributed by atoms with Gasteiger partial charge in [-0.2, -0.15) is 0 Å². The van der Waals surface area contributed by atoms with E-state index in [2.05, 4.69) is 4.98 Å². The molecule has 70 valence electrons. The largest absolute Gasteiger partial charge is 0.296 e. The first-order valence-corrected chi connectivity index (χ1v) is 4.54. The highest BCUT2D eigenvalue weighted by molar-refractivity contribution is 14.1. The summed E-state index contributed by atoms with van der Waals surface area (Å²) in [4.78, 5) is 14.1. The summed E-state index contributed by atoms with van der Waals surface area (Å²) < 4.78 is 25.2. The lowest BCUT2D eigenvalue weighted by atomic mass is 10.1. The molecule has 0 bridgehead atoms. The molecule has 0 N–H and O–H groups in total. The van der Waals surface area contributed by atoms with E-state index in [0.29, 0.717) is 11.8 Å². The lowest BCUT2D eigenvalue weighted by Crippen LogP contribution is -2.01. The topological polar surface area (TPSA) is 30.0 Å². The molecule has 0 saturated heterocycles. The number of aldehydes is 1. The number of carbonyl (C=O) groups is 1. The number of nitrogens with zero attached hydrogens (tertiary/aromatic N) is 1. The van der Waals surface area contributed by atoms with Crippen LogP contribution in [0, 0.1) is 10.5 Å².